The fraction of sp³-hybridized carbons (Fsp3) is 0.125. The third kappa shape index (κ3) is 2.69. The molecular formula is C8H9BrFN3. The predicted octanol–water partition coefficient (Wildman–Crippen LogP) is 1.94. The first-order chi connectivity index (χ1) is 6.13. The summed E-state index contributed by atoms with van der Waals surface area (Å²) in [5.41, 5.74) is 6.12. The number of aliphatic imine (C=N–C) groups is 1. The van der Waals surface area contributed by atoms with Gasteiger partial charge in [-0.3, -0.25) is 4.99 Å². The largest absolute Gasteiger partial charge is 0.370 e. The van der Waals surface area contributed by atoms with Gasteiger partial charge in [-0.1, -0.05) is 0 Å². The number of rotatable bonds is 1. The van der Waals surface area contributed by atoms with E-state index in [2.05, 4.69) is 26.2 Å². The van der Waals surface area contributed by atoms with Crippen LogP contribution in [0.4, 0.5) is 10.1 Å². The molecule has 3 nitrogen and oxygen atoms in total. The molecule has 13 heavy (non-hydrogen) atoms. The molecule has 0 unspecified atom stereocenters. The predicted molar refractivity (Wildman–Crippen MR) is 55.3 cm³/mol. The molecule has 5 heteroatoms. The summed E-state index contributed by atoms with van der Waals surface area (Å²) in [6.45, 7) is 0. The number of hydrogen-bond donors (Lipinski definition) is 2. The second-order valence-corrected chi connectivity index (χ2v) is 3.21. The lowest BCUT2D eigenvalue weighted by Crippen LogP contribution is -2.22. The molecule has 0 radical (unpaired) electrons. The van der Waals surface area contributed by atoms with E-state index in [1.807, 2.05) is 0 Å². The summed E-state index contributed by atoms with van der Waals surface area (Å²) in [6.07, 6.45) is 0. The fourth-order valence-corrected chi connectivity index (χ4v) is 1.23. The van der Waals surface area contributed by atoms with Crippen molar-refractivity contribution in [3.8, 4) is 0 Å². The molecule has 0 aromatic heterocycles. The van der Waals surface area contributed by atoms with Crippen LogP contribution in [0.25, 0.3) is 0 Å². The Kier molecular flexibility index (Phi) is 3.25. The van der Waals surface area contributed by atoms with Gasteiger partial charge in [0.2, 0.25) is 0 Å². The van der Waals surface area contributed by atoms with Gasteiger partial charge in [-0.2, -0.15) is 0 Å². The van der Waals surface area contributed by atoms with Crippen molar-refractivity contribution in [2.24, 2.45) is 10.7 Å². The summed E-state index contributed by atoms with van der Waals surface area (Å²) in [7, 11) is 1.57. The summed E-state index contributed by atoms with van der Waals surface area (Å²) in [5, 5.41) is 2.80. The number of halogens is 2. The van der Waals surface area contributed by atoms with Crippen LogP contribution in [0.1, 0.15) is 0 Å². The molecule has 0 heterocycles. The van der Waals surface area contributed by atoms with Crippen LogP contribution in [0.5, 0.6) is 0 Å². The van der Waals surface area contributed by atoms with Gasteiger partial charge in [-0.25, -0.2) is 4.39 Å². The van der Waals surface area contributed by atoms with Crippen LogP contribution in [0.2, 0.25) is 0 Å². The first-order valence-electron chi connectivity index (χ1n) is 3.58. The Labute approximate surface area is 84.0 Å². The number of nitrogens with zero attached hydrogens (tertiary/aromatic N) is 1. The minimum absolute atomic E-state index is 0.285. The van der Waals surface area contributed by atoms with Crippen LogP contribution in [-0.4, -0.2) is 13.0 Å². The highest BCUT2D eigenvalue weighted by Gasteiger charge is 2.01. The van der Waals surface area contributed by atoms with E-state index in [1.165, 1.54) is 12.1 Å². The molecule has 0 aliphatic carbocycles. The quantitative estimate of drug-likeness (QED) is 0.587. The molecule has 70 valence electrons. The molecule has 1 aromatic carbocycles. The molecule has 0 saturated carbocycles. The van der Waals surface area contributed by atoms with E-state index >= 15 is 0 Å². The maximum Gasteiger partial charge on any atom is 0.192 e. The fourth-order valence-electron chi connectivity index (χ4n) is 0.785. The number of guanidine groups is 1. The molecule has 0 spiro atoms. The van der Waals surface area contributed by atoms with Crippen molar-refractivity contribution < 1.29 is 4.39 Å². The summed E-state index contributed by atoms with van der Waals surface area (Å²) >= 11 is 3.19. The Balaban J connectivity index is 2.90. The van der Waals surface area contributed by atoms with Gasteiger partial charge in [-0.05, 0) is 34.1 Å². The zero-order valence-electron chi connectivity index (χ0n) is 7.01. The molecule has 0 bridgehead atoms. The van der Waals surface area contributed by atoms with E-state index in [-0.39, 0.29) is 11.8 Å². The van der Waals surface area contributed by atoms with Gasteiger partial charge in [0.25, 0.3) is 0 Å². The number of hydrogen-bond acceptors (Lipinski definition) is 1. The highest BCUT2D eigenvalue weighted by atomic mass is 79.9. The Bertz CT molecular complexity index is 338. The normalized spacial score (nSPS) is 11.5. The first-order valence-corrected chi connectivity index (χ1v) is 4.37. The van der Waals surface area contributed by atoms with E-state index in [1.54, 1.807) is 13.1 Å². The maximum absolute atomic E-state index is 12.6. The number of benzene rings is 1. The topological polar surface area (TPSA) is 50.4 Å². The van der Waals surface area contributed by atoms with Crippen molar-refractivity contribution in [2.75, 3.05) is 12.4 Å². The maximum atomic E-state index is 12.6. The van der Waals surface area contributed by atoms with E-state index in [4.69, 9.17) is 5.73 Å². The molecule has 0 saturated heterocycles. The Morgan fingerprint density at radius 2 is 2.31 bits per heavy atom. The van der Waals surface area contributed by atoms with Gasteiger partial charge in [0, 0.05) is 11.5 Å². The van der Waals surface area contributed by atoms with Crippen molar-refractivity contribution in [2.45, 2.75) is 0 Å². The lowest BCUT2D eigenvalue weighted by Gasteiger charge is -2.06. The van der Waals surface area contributed by atoms with Gasteiger partial charge < -0.3 is 11.1 Å². The zero-order valence-corrected chi connectivity index (χ0v) is 8.60. The second-order valence-electron chi connectivity index (χ2n) is 2.36. The van der Waals surface area contributed by atoms with Gasteiger partial charge in [0.15, 0.2) is 5.96 Å². The molecule has 1 rings (SSSR count). The SMILES string of the molecule is CN=C(N)Nc1ccc(F)cc1Br. The molecule has 0 aliphatic heterocycles. The van der Waals surface area contributed by atoms with E-state index in [9.17, 15) is 4.39 Å². The van der Waals surface area contributed by atoms with Crippen molar-refractivity contribution in [3.05, 3.63) is 28.5 Å². The monoisotopic (exact) mass is 245 g/mol. The average Bonchev–Trinajstić information content (AvgIpc) is 2.09. The Morgan fingerprint density at radius 1 is 1.62 bits per heavy atom. The molecule has 0 amide bonds. The number of nitrogens with two attached hydrogens (primary N) is 1. The highest BCUT2D eigenvalue weighted by molar-refractivity contribution is 9.10. The first kappa shape index (κ1) is 9.98. The van der Waals surface area contributed by atoms with Crippen LogP contribution in [0.15, 0.2) is 27.7 Å². The van der Waals surface area contributed by atoms with Crippen molar-refractivity contribution in [3.63, 3.8) is 0 Å². The summed E-state index contributed by atoms with van der Waals surface area (Å²) < 4.78 is 13.3. The minimum atomic E-state index is -0.301. The van der Waals surface area contributed by atoms with Crippen molar-refractivity contribution in [1.29, 1.82) is 0 Å². The van der Waals surface area contributed by atoms with Crippen LogP contribution in [-0.2, 0) is 0 Å². The van der Waals surface area contributed by atoms with E-state index < -0.39 is 0 Å². The van der Waals surface area contributed by atoms with Gasteiger partial charge >= 0.3 is 0 Å². The molecular weight excluding hydrogens is 237 g/mol. The third-order valence-corrected chi connectivity index (χ3v) is 2.09. The highest BCUT2D eigenvalue weighted by Crippen LogP contribution is 2.22. The van der Waals surface area contributed by atoms with Crippen LogP contribution in [0.3, 0.4) is 0 Å². The molecule has 0 aliphatic rings. The van der Waals surface area contributed by atoms with Gasteiger partial charge in [0.05, 0.1) is 5.69 Å². The van der Waals surface area contributed by atoms with E-state index in [0.29, 0.717) is 10.2 Å². The number of anilines is 1. The smallest absolute Gasteiger partial charge is 0.192 e. The van der Waals surface area contributed by atoms with Crippen molar-refractivity contribution in [1.82, 2.24) is 0 Å². The lowest BCUT2D eigenvalue weighted by molar-refractivity contribution is 0.627. The molecule has 0 atom stereocenters. The summed E-state index contributed by atoms with van der Waals surface area (Å²) in [4.78, 5) is 3.72. The van der Waals surface area contributed by atoms with Gasteiger partial charge in [-0.15, -0.1) is 0 Å². The Morgan fingerprint density at radius 3 is 2.85 bits per heavy atom. The lowest BCUT2D eigenvalue weighted by atomic mass is 10.3. The van der Waals surface area contributed by atoms with Crippen LogP contribution >= 0.6 is 15.9 Å². The van der Waals surface area contributed by atoms with Crippen molar-refractivity contribution >= 4 is 27.6 Å². The summed E-state index contributed by atoms with van der Waals surface area (Å²) in [5.74, 6) is -0.0169. The molecule has 3 N–H and O–H groups in total. The minimum Gasteiger partial charge on any atom is -0.370 e. The summed E-state index contributed by atoms with van der Waals surface area (Å²) in [6, 6.07) is 4.28. The Hall–Kier alpha value is -1.10. The zero-order chi connectivity index (χ0) is 9.84. The molecule has 0 fully saturated rings. The standard InChI is InChI=1S/C8H9BrFN3/c1-12-8(11)13-7-3-2-5(10)4-6(7)9/h2-4H,1H3,(H3,11,12,13). The van der Waals surface area contributed by atoms with Crippen LogP contribution in [0, 0.1) is 5.82 Å². The second kappa shape index (κ2) is 4.23. The van der Waals surface area contributed by atoms with Crippen LogP contribution < -0.4 is 11.1 Å². The number of nitrogens with one attached hydrogen (secondary N) is 1. The average molecular weight is 246 g/mol. The van der Waals surface area contributed by atoms with Gasteiger partial charge in [0.1, 0.15) is 5.82 Å². The third-order valence-electron chi connectivity index (χ3n) is 1.43. The molecule has 1 aromatic rings. The van der Waals surface area contributed by atoms with E-state index in [0.717, 1.165) is 0 Å².